The van der Waals surface area contributed by atoms with Gasteiger partial charge in [0.05, 0.1) is 12.6 Å². The molecule has 2 aromatic carbocycles. The van der Waals surface area contributed by atoms with E-state index in [1.807, 2.05) is 35.2 Å². The maximum absolute atomic E-state index is 13.3. The van der Waals surface area contributed by atoms with Crippen molar-refractivity contribution in [1.29, 1.82) is 0 Å². The van der Waals surface area contributed by atoms with Gasteiger partial charge < -0.3 is 19.4 Å². The van der Waals surface area contributed by atoms with E-state index in [1.165, 1.54) is 19.3 Å². The first-order valence-corrected chi connectivity index (χ1v) is 11.4. The van der Waals surface area contributed by atoms with Crippen LogP contribution >= 0.6 is 0 Å². The predicted molar refractivity (Wildman–Crippen MR) is 127 cm³/mol. The van der Waals surface area contributed by atoms with Gasteiger partial charge in [0.2, 0.25) is 0 Å². The zero-order valence-corrected chi connectivity index (χ0v) is 18.5. The molecule has 0 spiro atoms. The summed E-state index contributed by atoms with van der Waals surface area (Å²) in [6.07, 6.45) is 5.27. The molecule has 0 atom stereocenters. The van der Waals surface area contributed by atoms with Gasteiger partial charge in [0.1, 0.15) is 17.9 Å². The van der Waals surface area contributed by atoms with E-state index >= 15 is 0 Å². The first-order chi connectivity index (χ1) is 15.7. The summed E-state index contributed by atoms with van der Waals surface area (Å²) in [4.78, 5) is 28.9. The van der Waals surface area contributed by atoms with Crippen LogP contribution in [-0.2, 0) is 0 Å². The SMILES string of the molecule is COc1ccc(N2CCN(C(=O)c3ccc4ncnc(N5CCCCC5)c4c3)CC2)cc1. The summed E-state index contributed by atoms with van der Waals surface area (Å²) in [6.45, 7) is 5.05. The Hall–Kier alpha value is -3.35. The summed E-state index contributed by atoms with van der Waals surface area (Å²) in [5.74, 6) is 1.88. The highest BCUT2D eigenvalue weighted by Crippen LogP contribution is 2.27. The standard InChI is InChI=1S/C25H29N5O2/c1-32-21-8-6-20(7-9-21)28-13-15-30(16-14-28)25(31)19-5-10-23-22(17-19)24(27-18-26-23)29-11-3-2-4-12-29/h5-10,17-18H,2-4,11-16H2,1H3. The minimum absolute atomic E-state index is 0.0785. The van der Waals surface area contributed by atoms with Gasteiger partial charge in [-0.15, -0.1) is 0 Å². The number of amides is 1. The quantitative estimate of drug-likeness (QED) is 0.629. The normalized spacial score (nSPS) is 17.0. The van der Waals surface area contributed by atoms with Gasteiger partial charge in [0.25, 0.3) is 5.91 Å². The van der Waals surface area contributed by atoms with Crippen LogP contribution in [0.3, 0.4) is 0 Å². The first kappa shape index (κ1) is 20.5. The molecule has 7 heteroatoms. The molecule has 0 bridgehead atoms. The fraction of sp³-hybridized carbons (Fsp3) is 0.400. The molecule has 32 heavy (non-hydrogen) atoms. The second-order valence-electron chi connectivity index (χ2n) is 8.45. The number of aromatic nitrogens is 2. The molecule has 7 nitrogen and oxygen atoms in total. The second-order valence-corrected chi connectivity index (χ2v) is 8.45. The number of piperidine rings is 1. The van der Waals surface area contributed by atoms with E-state index in [0.717, 1.165) is 54.3 Å². The van der Waals surface area contributed by atoms with Crippen molar-refractivity contribution in [3.05, 3.63) is 54.4 Å². The number of hydrogen-bond donors (Lipinski definition) is 0. The lowest BCUT2D eigenvalue weighted by Gasteiger charge is -2.36. The zero-order valence-electron chi connectivity index (χ0n) is 18.5. The van der Waals surface area contributed by atoms with E-state index in [0.29, 0.717) is 18.7 Å². The van der Waals surface area contributed by atoms with Gasteiger partial charge in [0.15, 0.2) is 0 Å². The van der Waals surface area contributed by atoms with Crippen molar-refractivity contribution in [3.63, 3.8) is 0 Å². The Morgan fingerprint density at radius 3 is 2.31 bits per heavy atom. The molecule has 0 unspecified atom stereocenters. The molecule has 0 radical (unpaired) electrons. The maximum Gasteiger partial charge on any atom is 0.254 e. The first-order valence-electron chi connectivity index (χ1n) is 11.4. The van der Waals surface area contributed by atoms with Crippen molar-refractivity contribution in [2.75, 3.05) is 56.2 Å². The molecule has 2 fully saturated rings. The van der Waals surface area contributed by atoms with Crippen LogP contribution in [0.5, 0.6) is 5.75 Å². The molecule has 166 valence electrons. The molecule has 3 heterocycles. The summed E-state index contributed by atoms with van der Waals surface area (Å²) < 4.78 is 5.25. The van der Waals surface area contributed by atoms with Crippen molar-refractivity contribution >= 4 is 28.3 Å². The summed E-state index contributed by atoms with van der Waals surface area (Å²) >= 11 is 0. The number of carbonyl (C=O) groups excluding carboxylic acids is 1. The van der Waals surface area contributed by atoms with Gasteiger partial charge in [-0.3, -0.25) is 4.79 Å². The fourth-order valence-corrected chi connectivity index (χ4v) is 4.68. The molecule has 1 aromatic heterocycles. The summed E-state index contributed by atoms with van der Waals surface area (Å²) in [6, 6.07) is 13.9. The Morgan fingerprint density at radius 1 is 0.844 bits per heavy atom. The number of benzene rings is 2. The highest BCUT2D eigenvalue weighted by Gasteiger charge is 2.23. The van der Waals surface area contributed by atoms with Crippen LogP contribution < -0.4 is 14.5 Å². The summed E-state index contributed by atoms with van der Waals surface area (Å²) in [5, 5.41) is 0.970. The van der Waals surface area contributed by atoms with Crippen LogP contribution in [0.2, 0.25) is 0 Å². The van der Waals surface area contributed by atoms with Gasteiger partial charge in [-0.25, -0.2) is 9.97 Å². The van der Waals surface area contributed by atoms with Gasteiger partial charge >= 0.3 is 0 Å². The topological polar surface area (TPSA) is 61.8 Å². The molecule has 5 rings (SSSR count). The number of fused-ring (bicyclic) bond motifs is 1. The van der Waals surface area contributed by atoms with E-state index < -0.39 is 0 Å². The molecule has 0 aliphatic carbocycles. The van der Waals surface area contributed by atoms with Crippen LogP contribution in [0, 0.1) is 0 Å². The number of ether oxygens (including phenoxy) is 1. The number of carbonyl (C=O) groups is 1. The van der Waals surface area contributed by atoms with Crippen molar-refractivity contribution in [3.8, 4) is 5.75 Å². The van der Waals surface area contributed by atoms with E-state index in [4.69, 9.17) is 4.74 Å². The minimum Gasteiger partial charge on any atom is -0.497 e. The molecule has 2 saturated heterocycles. The van der Waals surface area contributed by atoms with Crippen molar-refractivity contribution in [2.45, 2.75) is 19.3 Å². The molecular weight excluding hydrogens is 402 g/mol. The Balaban J connectivity index is 1.31. The minimum atomic E-state index is 0.0785. The Kier molecular flexibility index (Phi) is 5.79. The zero-order chi connectivity index (χ0) is 21.9. The number of methoxy groups -OCH3 is 1. The van der Waals surface area contributed by atoms with E-state index in [-0.39, 0.29) is 5.91 Å². The molecule has 2 aliphatic heterocycles. The maximum atomic E-state index is 13.3. The smallest absolute Gasteiger partial charge is 0.254 e. The monoisotopic (exact) mass is 431 g/mol. The molecule has 3 aromatic rings. The lowest BCUT2D eigenvalue weighted by molar-refractivity contribution is 0.0747. The number of hydrogen-bond acceptors (Lipinski definition) is 6. The molecular formula is C25H29N5O2. The molecule has 0 N–H and O–H groups in total. The van der Waals surface area contributed by atoms with Gasteiger partial charge in [0, 0.05) is 55.9 Å². The van der Waals surface area contributed by atoms with Gasteiger partial charge in [-0.05, 0) is 61.7 Å². The number of anilines is 2. The number of piperazine rings is 1. The third-order valence-electron chi connectivity index (χ3n) is 6.52. The van der Waals surface area contributed by atoms with Crippen LogP contribution in [-0.4, -0.2) is 67.2 Å². The average molecular weight is 432 g/mol. The third kappa shape index (κ3) is 4.07. The fourth-order valence-electron chi connectivity index (χ4n) is 4.68. The second kappa shape index (κ2) is 9.02. The largest absolute Gasteiger partial charge is 0.497 e. The number of nitrogens with zero attached hydrogens (tertiary/aromatic N) is 5. The van der Waals surface area contributed by atoms with E-state index in [9.17, 15) is 4.79 Å². The summed E-state index contributed by atoms with van der Waals surface area (Å²) in [7, 11) is 1.67. The lowest BCUT2D eigenvalue weighted by atomic mass is 10.1. The molecule has 2 aliphatic rings. The Bertz CT molecular complexity index is 1090. The van der Waals surface area contributed by atoms with Crippen molar-refractivity contribution in [1.82, 2.24) is 14.9 Å². The predicted octanol–water partition coefficient (Wildman–Crippen LogP) is 3.59. The third-order valence-corrected chi connectivity index (χ3v) is 6.52. The Morgan fingerprint density at radius 2 is 1.59 bits per heavy atom. The highest BCUT2D eigenvalue weighted by atomic mass is 16.5. The number of rotatable bonds is 4. The van der Waals surface area contributed by atoms with E-state index in [1.54, 1.807) is 13.4 Å². The summed E-state index contributed by atoms with van der Waals surface area (Å²) in [5.41, 5.74) is 2.76. The lowest BCUT2D eigenvalue weighted by Crippen LogP contribution is -2.48. The van der Waals surface area contributed by atoms with E-state index in [2.05, 4.69) is 31.9 Å². The average Bonchev–Trinajstić information content (AvgIpc) is 2.88. The van der Waals surface area contributed by atoms with Crippen LogP contribution in [0.15, 0.2) is 48.8 Å². The Labute approximate surface area is 188 Å². The van der Waals surface area contributed by atoms with Crippen LogP contribution in [0.1, 0.15) is 29.6 Å². The highest BCUT2D eigenvalue weighted by molar-refractivity contribution is 6.00. The molecule has 1 amide bonds. The molecule has 0 saturated carbocycles. The van der Waals surface area contributed by atoms with Crippen molar-refractivity contribution in [2.24, 2.45) is 0 Å². The van der Waals surface area contributed by atoms with Crippen LogP contribution in [0.25, 0.3) is 10.9 Å². The van der Waals surface area contributed by atoms with Crippen molar-refractivity contribution < 1.29 is 9.53 Å². The van der Waals surface area contributed by atoms with Gasteiger partial charge in [-0.1, -0.05) is 0 Å². The van der Waals surface area contributed by atoms with Gasteiger partial charge in [-0.2, -0.15) is 0 Å². The van der Waals surface area contributed by atoms with Crippen LogP contribution in [0.4, 0.5) is 11.5 Å².